The first-order valence-corrected chi connectivity index (χ1v) is 7.33. The topological polar surface area (TPSA) is 85.1 Å². The maximum Gasteiger partial charge on any atom is 0.262 e. The average Bonchev–Trinajstić information content (AvgIpc) is 2.39. The normalized spacial score (nSPS) is 11.2. The van der Waals surface area contributed by atoms with Crippen molar-refractivity contribution in [3.05, 3.63) is 48.2 Å². The molecule has 0 aliphatic rings. The highest BCUT2D eigenvalue weighted by Gasteiger charge is 2.15. The van der Waals surface area contributed by atoms with Crippen LogP contribution < -0.4 is 10.5 Å². The molecule has 100 valence electrons. The Morgan fingerprint density at radius 1 is 1.26 bits per heavy atom. The largest absolute Gasteiger partial charge is 0.384 e. The number of rotatable bonds is 4. The number of pyridine rings is 1. The van der Waals surface area contributed by atoms with Crippen LogP contribution in [0.25, 0.3) is 0 Å². The van der Waals surface area contributed by atoms with Crippen molar-refractivity contribution < 1.29 is 8.42 Å². The first-order chi connectivity index (χ1) is 9.03. The van der Waals surface area contributed by atoms with E-state index >= 15 is 0 Å². The summed E-state index contributed by atoms with van der Waals surface area (Å²) in [6.07, 6.45) is 2.12. The minimum atomic E-state index is -3.64. The van der Waals surface area contributed by atoms with Crippen molar-refractivity contribution in [2.45, 2.75) is 18.2 Å². The van der Waals surface area contributed by atoms with Crippen LogP contribution in [0.1, 0.15) is 12.5 Å². The number of para-hydroxylation sites is 1. The van der Waals surface area contributed by atoms with Gasteiger partial charge in [-0.15, -0.1) is 0 Å². The Kier molecular flexibility index (Phi) is 3.71. The number of nitrogens with one attached hydrogen (secondary N) is 1. The van der Waals surface area contributed by atoms with Gasteiger partial charge in [-0.25, -0.2) is 13.4 Å². The summed E-state index contributed by atoms with van der Waals surface area (Å²) < 4.78 is 27.0. The summed E-state index contributed by atoms with van der Waals surface area (Å²) in [6.45, 7) is 1.97. The van der Waals surface area contributed by atoms with Crippen molar-refractivity contribution in [2.75, 3.05) is 10.5 Å². The second kappa shape index (κ2) is 5.27. The van der Waals surface area contributed by atoms with Crippen LogP contribution in [0.3, 0.4) is 0 Å². The van der Waals surface area contributed by atoms with E-state index in [1.54, 1.807) is 12.1 Å². The number of benzene rings is 1. The van der Waals surface area contributed by atoms with Gasteiger partial charge in [0.15, 0.2) is 0 Å². The fraction of sp³-hybridized carbons (Fsp3) is 0.154. The van der Waals surface area contributed by atoms with Crippen LogP contribution in [0, 0.1) is 0 Å². The number of hydrogen-bond donors (Lipinski definition) is 2. The Bertz CT molecular complexity index is 684. The van der Waals surface area contributed by atoms with E-state index in [1.165, 1.54) is 18.3 Å². The van der Waals surface area contributed by atoms with Gasteiger partial charge in [-0.2, -0.15) is 0 Å². The molecule has 2 aromatic rings. The molecule has 0 saturated carbocycles. The van der Waals surface area contributed by atoms with E-state index in [2.05, 4.69) is 9.71 Å². The summed E-state index contributed by atoms with van der Waals surface area (Å²) in [5.74, 6) is 0.173. The predicted octanol–water partition coefficient (Wildman–Crippen LogP) is 2.03. The van der Waals surface area contributed by atoms with E-state index in [-0.39, 0.29) is 10.7 Å². The number of aromatic nitrogens is 1. The maximum absolute atomic E-state index is 12.2. The maximum atomic E-state index is 12.2. The van der Waals surface area contributed by atoms with E-state index in [9.17, 15) is 8.42 Å². The van der Waals surface area contributed by atoms with Crippen molar-refractivity contribution in [1.29, 1.82) is 0 Å². The predicted molar refractivity (Wildman–Crippen MR) is 75.3 cm³/mol. The molecule has 1 heterocycles. The highest BCUT2D eigenvalue weighted by atomic mass is 32.2. The molecule has 1 aromatic heterocycles. The number of hydrogen-bond acceptors (Lipinski definition) is 4. The molecule has 3 N–H and O–H groups in total. The molecule has 0 spiro atoms. The van der Waals surface area contributed by atoms with Crippen LogP contribution in [0.2, 0.25) is 0 Å². The second-order valence-corrected chi connectivity index (χ2v) is 5.72. The van der Waals surface area contributed by atoms with Crippen LogP contribution in [-0.4, -0.2) is 13.4 Å². The number of anilines is 2. The summed E-state index contributed by atoms with van der Waals surface area (Å²) in [4.78, 5) is 3.88. The Morgan fingerprint density at radius 3 is 2.68 bits per heavy atom. The molecule has 0 fully saturated rings. The highest BCUT2D eigenvalue weighted by Crippen LogP contribution is 2.20. The molecule has 0 aliphatic heterocycles. The molecular formula is C13H15N3O2S. The Hall–Kier alpha value is -2.08. The van der Waals surface area contributed by atoms with Crippen LogP contribution in [0.15, 0.2) is 47.5 Å². The quantitative estimate of drug-likeness (QED) is 0.895. The van der Waals surface area contributed by atoms with Crippen molar-refractivity contribution in [3.63, 3.8) is 0 Å². The molecule has 0 radical (unpaired) electrons. The van der Waals surface area contributed by atoms with E-state index in [0.29, 0.717) is 5.69 Å². The van der Waals surface area contributed by atoms with Crippen LogP contribution in [-0.2, 0) is 16.4 Å². The smallest absolute Gasteiger partial charge is 0.262 e. The summed E-state index contributed by atoms with van der Waals surface area (Å²) in [5.41, 5.74) is 7.02. The average molecular weight is 277 g/mol. The Labute approximate surface area is 112 Å². The third kappa shape index (κ3) is 3.03. The summed E-state index contributed by atoms with van der Waals surface area (Å²) in [7, 11) is -3.64. The van der Waals surface area contributed by atoms with Gasteiger partial charge in [0.25, 0.3) is 10.0 Å². The SMILES string of the molecule is CCc1ccccc1NS(=O)(=O)c1ccnc(N)c1. The lowest BCUT2D eigenvalue weighted by Crippen LogP contribution is -2.14. The van der Waals surface area contributed by atoms with Crippen molar-refractivity contribution >= 4 is 21.5 Å². The van der Waals surface area contributed by atoms with Crippen LogP contribution in [0.5, 0.6) is 0 Å². The van der Waals surface area contributed by atoms with Gasteiger partial charge in [-0.05, 0) is 24.1 Å². The molecule has 0 amide bonds. The third-order valence-corrected chi connectivity index (χ3v) is 4.07. The van der Waals surface area contributed by atoms with Gasteiger partial charge < -0.3 is 5.73 Å². The fourth-order valence-electron chi connectivity index (χ4n) is 1.73. The highest BCUT2D eigenvalue weighted by molar-refractivity contribution is 7.92. The van der Waals surface area contributed by atoms with Gasteiger partial charge in [0.2, 0.25) is 0 Å². The monoisotopic (exact) mass is 277 g/mol. The molecule has 5 nitrogen and oxygen atoms in total. The van der Waals surface area contributed by atoms with Gasteiger partial charge in [0.05, 0.1) is 10.6 Å². The molecule has 6 heteroatoms. The Balaban J connectivity index is 2.37. The molecule has 19 heavy (non-hydrogen) atoms. The summed E-state index contributed by atoms with van der Waals surface area (Å²) >= 11 is 0. The first kappa shape index (κ1) is 13.4. The van der Waals surface area contributed by atoms with E-state index in [0.717, 1.165) is 12.0 Å². The zero-order chi connectivity index (χ0) is 13.9. The van der Waals surface area contributed by atoms with Gasteiger partial charge >= 0.3 is 0 Å². The standard InChI is InChI=1S/C13H15N3O2S/c1-2-10-5-3-4-6-12(10)16-19(17,18)11-7-8-15-13(14)9-11/h3-9,16H,2H2,1H3,(H2,14,15). The van der Waals surface area contributed by atoms with Crippen molar-refractivity contribution in [2.24, 2.45) is 0 Å². The van der Waals surface area contributed by atoms with Gasteiger partial charge in [-0.3, -0.25) is 4.72 Å². The van der Waals surface area contributed by atoms with E-state index < -0.39 is 10.0 Å². The van der Waals surface area contributed by atoms with E-state index in [4.69, 9.17) is 5.73 Å². The molecule has 2 rings (SSSR count). The minimum absolute atomic E-state index is 0.103. The lowest BCUT2D eigenvalue weighted by Gasteiger charge is -2.11. The number of aryl methyl sites for hydroxylation is 1. The summed E-state index contributed by atoms with van der Waals surface area (Å²) in [6, 6.07) is 10.0. The van der Waals surface area contributed by atoms with Crippen LogP contribution >= 0.6 is 0 Å². The first-order valence-electron chi connectivity index (χ1n) is 5.85. The van der Waals surface area contributed by atoms with E-state index in [1.807, 2.05) is 19.1 Å². The number of nitrogens with two attached hydrogens (primary N) is 1. The minimum Gasteiger partial charge on any atom is -0.384 e. The number of sulfonamides is 1. The molecule has 1 aromatic carbocycles. The van der Waals surface area contributed by atoms with Crippen LogP contribution in [0.4, 0.5) is 11.5 Å². The molecule has 0 unspecified atom stereocenters. The molecule has 0 bridgehead atoms. The lowest BCUT2D eigenvalue weighted by atomic mass is 10.1. The molecular weight excluding hydrogens is 262 g/mol. The van der Waals surface area contributed by atoms with Gasteiger partial charge in [-0.1, -0.05) is 25.1 Å². The van der Waals surface area contributed by atoms with Crippen molar-refractivity contribution in [1.82, 2.24) is 4.98 Å². The third-order valence-electron chi connectivity index (χ3n) is 2.71. The van der Waals surface area contributed by atoms with Crippen molar-refractivity contribution in [3.8, 4) is 0 Å². The zero-order valence-electron chi connectivity index (χ0n) is 10.5. The lowest BCUT2D eigenvalue weighted by molar-refractivity contribution is 0.601. The number of nitrogens with zero attached hydrogens (tertiary/aromatic N) is 1. The van der Waals surface area contributed by atoms with Gasteiger partial charge in [0, 0.05) is 12.3 Å². The summed E-state index contributed by atoms with van der Waals surface area (Å²) in [5, 5.41) is 0. The fourth-order valence-corrected chi connectivity index (χ4v) is 2.85. The molecule has 0 aliphatic carbocycles. The second-order valence-electron chi connectivity index (χ2n) is 4.03. The number of nitrogen functional groups attached to an aromatic ring is 1. The van der Waals surface area contributed by atoms with Gasteiger partial charge in [0.1, 0.15) is 5.82 Å². The Morgan fingerprint density at radius 2 is 2.00 bits per heavy atom. The zero-order valence-corrected chi connectivity index (χ0v) is 11.3. The molecule has 0 saturated heterocycles. The molecule has 0 atom stereocenters.